The van der Waals surface area contributed by atoms with Crippen molar-refractivity contribution in [2.24, 2.45) is 5.92 Å². The zero-order valence-electron chi connectivity index (χ0n) is 12.4. The highest BCUT2D eigenvalue weighted by atomic mass is 35.5. The van der Waals surface area contributed by atoms with Crippen molar-refractivity contribution < 1.29 is 4.39 Å². The van der Waals surface area contributed by atoms with Crippen LogP contribution in [0.5, 0.6) is 0 Å². The highest BCUT2D eigenvalue weighted by Gasteiger charge is 2.15. The molecule has 110 valence electrons. The number of fused-ring (bicyclic) bond motifs is 1. The van der Waals surface area contributed by atoms with E-state index in [-0.39, 0.29) is 11.9 Å². The molecule has 0 saturated carbocycles. The van der Waals surface area contributed by atoms with Crippen molar-refractivity contribution in [3.05, 3.63) is 29.8 Å². The maximum Gasteiger partial charge on any atom is 0.125 e. The lowest BCUT2D eigenvalue weighted by Gasteiger charge is -2.17. The summed E-state index contributed by atoms with van der Waals surface area (Å²) in [4.78, 5) is 4.50. The second-order valence-electron chi connectivity index (χ2n) is 5.84. The normalized spacial score (nSPS) is 13.3. The van der Waals surface area contributed by atoms with Crippen LogP contribution in [0.1, 0.15) is 51.9 Å². The summed E-state index contributed by atoms with van der Waals surface area (Å²) in [7, 11) is 0. The average Bonchev–Trinajstić information content (AvgIpc) is 2.75. The Bertz CT molecular complexity index is 577. The highest BCUT2D eigenvalue weighted by molar-refractivity contribution is 6.16. The van der Waals surface area contributed by atoms with Gasteiger partial charge < -0.3 is 4.57 Å². The van der Waals surface area contributed by atoms with E-state index in [0.29, 0.717) is 11.8 Å². The molecule has 1 heterocycles. The third kappa shape index (κ3) is 3.32. The van der Waals surface area contributed by atoms with E-state index in [4.69, 9.17) is 11.6 Å². The van der Waals surface area contributed by atoms with Gasteiger partial charge in [-0.2, -0.15) is 0 Å². The number of hydrogen-bond acceptors (Lipinski definition) is 1. The number of benzene rings is 1. The van der Waals surface area contributed by atoms with Crippen molar-refractivity contribution >= 4 is 22.6 Å². The molecule has 2 rings (SSSR count). The SMILES string of the molecule is CC(C)CCCC(C)n1c(CCl)nc2ccc(F)cc21. The second kappa shape index (κ2) is 6.57. The highest BCUT2D eigenvalue weighted by Crippen LogP contribution is 2.26. The first-order chi connectivity index (χ1) is 9.52. The van der Waals surface area contributed by atoms with Gasteiger partial charge in [0.25, 0.3) is 0 Å². The van der Waals surface area contributed by atoms with Crippen LogP contribution < -0.4 is 0 Å². The molecule has 0 spiro atoms. The summed E-state index contributed by atoms with van der Waals surface area (Å²) < 4.78 is 15.6. The summed E-state index contributed by atoms with van der Waals surface area (Å²) in [6.07, 6.45) is 3.43. The van der Waals surface area contributed by atoms with Gasteiger partial charge in [0.15, 0.2) is 0 Å². The quantitative estimate of drug-likeness (QED) is 0.661. The minimum absolute atomic E-state index is 0.228. The van der Waals surface area contributed by atoms with E-state index in [2.05, 4.69) is 30.3 Å². The van der Waals surface area contributed by atoms with Gasteiger partial charge in [0, 0.05) is 6.04 Å². The Morgan fingerprint density at radius 2 is 2.00 bits per heavy atom. The molecule has 0 fully saturated rings. The van der Waals surface area contributed by atoms with E-state index in [1.54, 1.807) is 12.1 Å². The fourth-order valence-electron chi connectivity index (χ4n) is 2.65. The number of nitrogens with zero attached hydrogens (tertiary/aromatic N) is 2. The lowest BCUT2D eigenvalue weighted by atomic mass is 10.0. The van der Waals surface area contributed by atoms with Gasteiger partial charge in [-0.1, -0.05) is 26.7 Å². The van der Waals surface area contributed by atoms with Crippen LogP contribution in [-0.2, 0) is 5.88 Å². The van der Waals surface area contributed by atoms with Gasteiger partial charge in [-0.25, -0.2) is 9.37 Å². The summed E-state index contributed by atoms with van der Waals surface area (Å²) in [6, 6.07) is 5.01. The van der Waals surface area contributed by atoms with E-state index in [0.717, 1.165) is 29.7 Å². The molecule has 0 aliphatic rings. The molecular formula is C16H22ClFN2. The fourth-order valence-corrected chi connectivity index (χ4v) is 2.84. The molecular weight excluding hydrogens is 275 g/mol. The van der Waals surface area contributed by atoms with Crippen LogP contribution in [0.4, 0.5) is 4.39 Å². The maximum atomic E-state index is 13.5. The summed E-state index contributed by atoms with van der Waals surface area (Å²) in [5, 5.41) is 0. The average molecular weight is 297 g/mol. The second-order valence-corrected chi connectivity index (χ2v) is 6.11. The monoisotopic (exact) mass is 296 g/mol. The van der Waals surface area contributed by atoms with E-state index in [1.165, 1.54) is 12.5 Å². The minimum atomic E-state index is -0.228. The summed E-state index contributed by atoms with van der Waals surface area (Å²) in [6.45, 7) is 6.62. The van der Waals surface area contributed by atoms with Crippen molar-refractivity contribution in [1.29, 1.82) is 0 Å². The maximum absolute atomic E-state index is 13.5. The van der Waals surface area contributed by atoms with Crippen LogP contribution in [0.25, 0.3) is 11.0 Å². The smallest absolute Gasteiger partial charge is 0.125 e. The topological polar surface area (TPSA) is 17.8 Å². The summed E-state index contributed by atoms with van der Waals surface area (Å²) in [5.41, 5.74) is 1.66. The number of hydrogen-bond donors (Lipinski definition) is 0. The molecule has 20 heavy (non-hydrogen) atoms. The first-order valence-corrected chi connectivity index (χ1v) is 7.78. The van der Waals surface area contributed by atoms with Gasteiger partial charge in [-0.3, -0.25) is 0 Å². The fraction of sp³-hybridized carbons (Fsp3) is 0.562. The molecule has 0 bridgehead atoms. The molecule has 0 saturated heterocycles. The zero-order chi connectivity index (χ0) is 14.7. The Kier molecular flexibility index (Phi) is 5.03. The van der Waals surface area contributed by atoms with Crippen LogP contribution in [0, 0.1) is 11.7 Å². The standard InChI is InChI=1S/C16H22ClFN2/c1-11(2)5-4-6-12(3)20-15-9-13(18)7-8-14(15)19-16(20)10-17/h7-9,11-12H,4-6,10H2,1-3H3. The number of imidazole rings is 1. The van der Waals surface area contributed by atoms with Gasteiger partial charge in [0.1, 0.15) is 11.6 Å². The Hall–Kier alpha value is -1.09. The predicted molar refractivity (Wildman–Crippen MR) is 82.6 cm³/mol. The summed E-state index contributed by atoms with van der Waals surface area (Å²) in [5.74, 6) is 1.66. The molecule has 0 aliphatic heterocycles. The molecule has 1 aromatic heterocycles. The van der Waals surface area contributed by atoms with Crippen LogP contribution in [0.3, 0.4) is 0 Å². The van der Waals surface area contributed by atoms with Crippen molar-refractivity contribution in [2.75, 3.05) is 0 Å². The van der Waals surface area contributed by atoms with Gasteiger partial charge in [0.05, 0.1) is 16.9 Å². The van der Waals surface area contributed by atoms with Gasteiger partial charge >= 0.3 is 0 Å². The Morgan fingerprint density at radius 3 is 2.65 bits per heavy atom. The van der Waals surface area contributed by atoms with Crippen molar-refractivity contribution in [3.8, 4) is 0 Å². The first kappa shape index (κ1) is 15.3. The van der Waals surface area contributed by atoms with Crippen molar-refractivity contribution in [3.63, 3.8) is 0 Å². The predicted octanol–water partition coefficient (Wildman–Crippen LogP) is 5.30. The van der Waals surface area contributed by atoms with E-state index >= 15 is 0 Å². The molecule has 2 nitrogen and oxygen atoms in total. The van der Waals surface area contributed by atoms with E-state index < -0.39 is 0 Å². The number of aromatic nitrogens is 2. The Morgan fingerprint density at radius 1 is 1.25 bits per heavy atom. The molecule has 1 unspecified atom stereocenters. The third-order valence-corrected chi connectivity index (χ3v) is 3.93. The third-order valence-electron chi connectivity index (χ3n) is 3.69. The molecule has 0 N–H and O–H groups in total. The summed E-state index contributed by atoms with van der Waals surface area (Å²) >= 11 is 5.99. The Labute approximate surface area is 125 Å². The Balaban J connectivity index is 2.28. The molecule has 4 heteroatoms. The van der Waals surface area contributed by atoms with E-state index in [1.807, 2.05) is 0 Å². The van der Waals surface area contributed by atoms with Crippen LogP contribution >= 0.6 is 11.6 Å². The molecule has 1 aromatic carbocycles. The first-order valence-electron chi connectivity index (χ1n) is 7.25. The molecule has 0 aliphatic carbocycles. The molecule has 1 atom stereocenters. The van der Waals surface area contributed by atoms with E-state index in [9.17, 15) is 4.39 Å². The van der Waals surface area contributed by atoms with Gasteiger partial charge in [0.2, 0.25) is 0 Å². The number of alkyl halides is 1. The molecule has 0 radical (unpaired) electrons. The zero-order valence-corrected chi connectivity index (χ0v) is 13.1. The van der Waals surface area contributed by atoms with Gasteiger partial charge in [-0.15, -0.1) is 11.6 Å². The largest absolute Gasteiger partial charge is 0.324 e. The van der Waals surface area contributed by atoms with Crippen molar-refractivity contribution in [1.82, 2.24) is 9.55 Å². The molecule has 2 aromatic rings. The lowest BCUT2D eigenvalue weighted by molar-refractivity contribution is 0.447. The van der Waals surface area contributed by atoms with Gasteiger partial charge in [-0.05, 0) is 37.5 Å². The van der Waals surface area contributed by atoms with Crippen LogP contribution in [0.15, 0.2) is 18.2 Å². The van der Waals surface area contributed by atoms with Crippen LogP contribution in [-0.4, -0.2) is 9.55 Å². The minimum Gasteiger partial charge on any atom is -0.324 e. The van der Waals surface area contributed by atoms with Crippen molar-refractivity contribution in [2.45, 2.75) is 52.0 Å². The number of rotatable bonds is 6. The lowest BCUT2D eigenvalue weighted by Crippen LogP contribution is -2.09. The number of halogens is 2. The molecule has 0 amide bonds. The van der Waals surface area contributed by atoms with Crippen LogP contribution in [0.2, 0.25) is 0 Å².